The van der Waals surface area contributed by atoms with Gasteiger partial charge in [0.05, 0.1) is 42.0 Å². The Balaban J connectivity index is 1.51. The van der Waals surface area contributed by atoms with Gasteiger partial charge in [0.1, 0.15) is 0 Å². The van der Waals surface area contributed by atoms with Gasteiger partial charge in [0, 0.05) is 49.2 Å². The van der Waals surface area contributed by atoms with Crippen LogP contribution in [0.15, 0.2) is 36.7 Å². The predicted octanol–water partition coefficient (Wildman–Crippen LogP) is 3.69. The number of nitrogens with one attached hydrogen (secondary N) is 1. The first-order valence-corrected chi connectivity index (χ1v) is 12.6. The number of benzene rings is 1. The number of carbonyl (C=O) groups is 1. The molecule has 0 atom stereocenters. The summed E-state index contributed by atoms with van der Waals surface area (Å²) >= 11 is 0. The van der Waals surface area contributed by atoms with E-state index in [9.17, 15) is 4.79 Å². The second-order valence-corrected chi connectivity index (χ2v) is 9.84. The van der Waals surface area contributed by atoms with Crippen LogP contribution in [0.25, 0.3) is 33.4 Å². The summed E-state index contributed by atoms with van der Waals surface area (Å²) in [4.78, 5) is 26.9. The standard InChI is InChI=1S/C27H31N7O2/c1-17(2)27(35)33-9-7-19(8-10-33)24-18(3)29-26-25(32-11-13-36-14-12-32)30-23(16-34(24)26)20-5-4-6-22-21(20)15-28-31-22/h4-7,15-17H,8-14H2,1-3H3,(H,28,31). The second-order valence-electron chi connectivity index (χ2n) is 9.84. The fraction of sp³-hybridized carbons (Fsp3) is 0.407. The first kappa shape index (κ1) is 22.7. The third-order valence-corrected chi connectivity index (χ3v) is 7.15. The highest BCUT2D eigenvalue weighted by Crippen LogP contribution is 2.34. The molecule has 4 aromatic rings. The Morgan fingerprint density at radius 2 is 1.97 bits per heavy atom. The molecule has 1 N–H and O–H groups in total. The van der Waals surface area contributed by atoms with Crippen molar-refractivity contribution < 1.29 is 9.53 Å². The monoisotopic (exact) mass is 485 g/mol. The molecule has 1 saturated heterocycles. The maximum absolute atomic E-state index is 12.5. The van der Waals surface area contributed by atoms with E-state index in [1.165, 1.54) is 5.57 Å². The Morgan fingerprint density at radius 1 is 1.14 bits per heavy atom. The lowest BCUT2D eigenvalue weighted by Gasteiger charge is -2.29. The van der Waals surface area contributed by atoms with Crippen molar-refractivity contribution in [3.8, 4) is 11.3 Å². The minimum Gasteiger partial charge on any atom is -0.378 e. The van der Waals surface area contributed by atoms with Crippen LogP contribution in [0.2, 0.25) is 0 Å². The average Bonchev–Trinajstić information content (AvgIpc) is 3.52. The van der Waals surface area contributed by atoms with E-state index in [0.717, 1.165) is 71.1 Å². The van der Waals surface area contributed by atoms with Crippen LogP contribution >= 0.6 is 0 Å². The van der Waals surface area contributed by atoms with Crippen molar-refractivity contribution in [2.24, 2.45) is 5.92 Å². The number of imidazole rings is 1. The van der Waals surface area contributed by atoms with Gasteiger partial charge in [0.15, 0.2) is 11.5 Å². The number of anilines is 1. The normalized spacial score (nSPS) is 16.8. The van der Waals surface area contributed by atoms with Crippen LogP contribution in [0.1, 0.15) is 31.7 Å². The Morgan fingerprint density at radius 3 is 2.72 bits per heavy atom. The van der Waals surface area contributed by atoms with Crippen molar-refractivity contribution in [2.75, 3.05) is 44.3 Å². The molecule has 1 aromatic carbocycles. The minimum absolute atomic E-state index is 0.00725. The molecule has 9 nitrogen and oxygen atoms in total. The molecule has 6 rings (SSSR count). The van der Waals surface area contributed by atoms with Crippen molar-refractivity contribution >= 4 is 33.8 Å². The summed E-state index contributed by atoms with van der Waals surface area (Å²) in [5, 5.41) is 8.36. The van der Waals surface area contributed by atoms with Gasteiger partial charge in [0.2, 0.25) is 5.91 Å². The molecule has 36 heavy (non-hydrogen) atoms. The molecule has 0 radical (unpaired) electrons. The molecular weight excluding hydrogens is 454 g/mol. The highest BCUT2D eigenvalue weighted by Gasteiger charge is 2.26. The molecule has 1 fully saturated rings. The number of carbonyl (C=O) groups excluding carboxylic acids is 1. The van der Waals surface area contributed by atoms with E-state index in [0.29, 0.717) is 19.8 Å². The number of ether oxygens (including phenoxy) is 1. The van der Waals surface area contributed by atoms with Gasteiger partial charge >= 0.3 is 0 Å². The highest BCUT2D eigenvalue weighted by atomic mass is 16.5. The molecular formula is C27H31N7O2. The Labute approximate surface area is 209 Å². The third kappa shape index (κ3) is 3.83. The van der Waals surface area contributed by atoms with Crippen molar-refractivity contribution in [3.63, 3.8) is 0 Å². The van der Waals surface area contributed by atoms with Gasteiger partial charge in [-0.05, 0) is 25.0 Å². The number of hydrogen-bond donors (Lipinski definition) is 1. The summed E-state index contributed by atoms with van der Waals surface area (Å²) in [6.07, 6.45) is 6.94. The van der Waals surface area contributed by atoms with Crippen LogP contribution < -0.4 is 4.90 Å². The van der Waals surface area contributed by atoms with Crippen molar-refractivity contribution in [1.29, 1.82) is 0 Å². The molecule has 0 spiro atoms. The Bertz CT molecular complexity index is 1480. The summed E-state index contributed by atoms with van der Waals surface area (Å²) < 4.78 is 7.82. The van der Waals surface area contributed by atoms with E-state index in [1.807, 2.05) is 37.1 Å². The number of nitrogens with zero attached hydrogens (tertiary/aromatic N) is 6. The SMILES string of the molecule is Cc1nc2c(N3CCOCC3)nc(-c3cccc4[nH]ncc34)cn2c1C1=CCN(C(=O)C(C)C)CC1. The highest BCUT2D eigenvalue weighted by molar-refractivity contribution is 5.94. The minimum atomic E-state index is 0.00725. The number of aromatic nitrogens is 5. The summed E-state index contributed by atoms with van der Waals surface area (Å²) in [7, 11) is 0. The van der Waals surface area contributed by atoms with Gasteiger partial charge in [0.25, 0.3) is 0 Å². The van der Waals surface area contributed by atoms with Gasteiger partial charge in [-0.15, -0.1) is 0 Å². The third-order valence-electron chi connectivity index (χ3n) is 7.15. The Kier molecular flexibility index (Phi) is 5.72. The topological polar surface area (TPSA) is 91.7 Å². The van der Waals surface area contributed by atoms with Gasteiger partial charge in [-0.25, -0.2) is 9.97 Å². The maximum Gasteiger partial charge on any atom is 0.225 e. The first-order chi connectivity index (χ1) is 17.5. The molecule has 2 aliphatic rings. The first-order valence-electron chi connectivity index (χ1n) is 12.6. The second kappa shape index (κ2) is 9.05. The lowest BCUT2D eigenvalue weighted by atomic mass is 10.0. The molecule has 1 amide bonds. The van der Waals surface area contributed by atoms with Crippen molar-refractivity contribution in [1.82, 2.24) is 29.5 Å². The smallest absolute Gasteiger partial charge is 0.225 e. The number of amides is 1. The lowest BCUT2D eigenvalue weighted by Crippen LogP contribution is -2.37. The van der Waals surface area contributed by atoms with E-state index in [4.69, 9.17) is 14.7 Å². The molecule has 2 aliphatic heterocycles. The molecule has 0 aliphatic carbocycles. The fourth-order valence-corrected chi connectivity index (χ4v) is 5.29. The van der Waals surface area contributed by atoms with E-state index >= 15 is 0 Å². The molecule has 0 saturated carbocycles. The van der Waals surface area contributed by atoms with E-state index in [-0.39, 0.29) is 11.8 Å². The maximum atomic E-state index is 12.5. The lowest BCUT2D eigenvalue weighted by molar-refractivity contribution is -0.134. The average molecular weight is 486 g/mol. The number of morpholine rings is 1. The van der Waals surface area contributed by atoms with Crippen molar-refractivity contribution in [3.05, 3.63) is 48.1 Å². The quantitative estimate of drug-likeness (QED) is 0.474. The van der Waals surface area contributed by atoms with Gasteiger partial charge < -0.3 is 14.5 Å². The summed E-state index contributed by atoms with van der Waals surface area (Å²) in [6, 6.07) is 6.14. The number of fused-ring (bicyclic) bond motifs is 2. The van der Waals surface area contributed by atoms with Crippen LogP contribution in [0.4, 0.5) is 5.82 Å². The molecule has 186 valence electrons. The zero-order chi connectivity index (χ0) is 24.8. The van der Waals surface area contributed by atoms with E-state index < -0.39 is 0 Å². The van der Waals surface area contributed by atoms with E-state index in [2.05, 4.69) is 44.8 Å². The number of aryl methyl sites for hydroxylation is 1. The zero-order valence-electron chi connectivity index (χ0n) is 21.0. The Hall–Kier alpha value is -3.72. The van der Waals surface area contributed by atoms with Crippen LogP contribution in [-0.2, 0) is 9.53 Å². The zero-order valence-corrected chi connectivity index (χ0v) is 21.0. The summed E-state index contributed by atoms with van der Waals surface area (Å²) in [5.41, 5.74) is 7.03. The fourth-order valence-electron chi connectivity index (χ4n) is 5.29. The number of rotatable bonds is 4. The molecule has 9 heteroatoms. The van der Waals surface area contributed by atoms with Gasteiger partial charge in [-0.2, -0.15) is 5.10 Å². The van der Waals surface area contributed by atoms with Crippen LogP contribution in [0.3, 0.4) is 0 Å². The largest absolute Gasteiger partial charge is 0.378 e. The van der Waals surface area contributed by atoms with E-state index in [1.54, 1.807) is 0 Å². The number of aromatic amines is 1. The van der Waals surface area contributed by atoms with Crippen molar-refractivity contribution in [2.45, 2.75) is 27.2 Å². The van der Waals surface area contributed by atoms with Crippen LogP contribution in [0.5, 0.6) is 0 Å². The van der Waals surface area contributed by atoms with Crippen LogP contribution in [0, 0.1) is 12.8 Å². The number of hydrogen-bond acceptors (Lipinski definition) is 6. The van der Waals surface area contributed by atoms with Gasteiger partial charge in [-0.3, -0.25) is 14.3 Å². The van der Waals surface area contributed by atoms with Crippen LogP contribution in [-0.4, -0.2) is 74.8 Å². The summed E-state index contributed by atoms with van der Waals surface area (Å²) in [6.45, 7) is 10.2. The molecule has 0 unspecified atom stereocenters. The predicted molar refractivity (Wildman–Crippen MR) is 140 cm³/mol. The van der Waals surface area contributed by atoms with Gasteiger partial charge in [-0.1, -0.05) is 32.1 Å². The molecule has 5 heterocycles. The molecule has 0 bridgehead atoms. The number of H-pyrrole nitrogens is 1. The summed E-state index contributed by atoms with van der Waals surface area (Å²) in [5.74, 6) is 1.08. The molecule has 3 aromatic heterocycles.